The van der Waals surface area contributed by atoms with Crippen molar-refractivity contribution in [2.24, 2.45) is 14.1 Å². The minimum atomic E-state index is 0.513. The van der Waals surface area contributed by atoms with Gasteiger partial charge in [0, 0.05) is 76.7 Å². The molecule has 9 heteroatoms. The van der Waals surface area contributed by atoms with E-state index >= 15 is 0 Å². The summed E-state index contributed by atoms with van der Waals surface area (Å²) in [5.41, 5.74) is 12.6. The molecule has 164 valence electrons. The van der Waals surface area contributed by atoms with Crippen LogP contribution >= 0.6 is 15.9 Å². The Kier molecular flexibility index (Phi) is 4.25. The number of nitrogens with zero attached hydrogens (tertiary/aromatic N) is 6. The van der Waals surface area contributed by atoms with E-state index in [1.165, 1.54) is 0 Å². The zero-order valence-electron chi connectivity index (χ0n) is 18.2. The third-order valence-electron chi connectivity index (χ3n) is 5.98. The van der Waals surface area contributed by atoms with E-state index in [0.29, 0.717) is 11.5 Å². The van der Waals surface area contributed by atoms with Gasteiger partial charge >= 0.3 is 0 Å². The third kappa shape index (κ3) is 3.00. The van der Waals surface area contributed by atoms with Gasteiger partial charge in [0.2, 0.25) is 0 Å². The molecule has 8 nitrogen and oxygen atoms in total. The fourth-order valence-corrected chi connectivity index (χ4v) is 4.74. The summed E-state index contributed by atoms with van der Waals surface area (Å²) < 4.78 is 12.1. The molecule has 0 bridgehead atoms. The number of methoxy groups -OCH3 is 1. The van der Waals surface area contributed by atoms with Crippen LogP contribution in [-0.4, -0.2) is 35.8 Å². The van der Waals surface area contributed by atoms with Crippen LogP contribution in [0.15, 0.2) is 59.5 Å². The molecular weight excluding hydrogens is 482 g/mol. The molecular formula is C24H20BrN7O. The van der Waals surface area contributed by atoms with Crippen LogP contribution < -0.4 is 10.5 Å². The van der Waals surface area contributed by atoms with E-state index in [0.717, 1.165) is 54.7 Å². The molecule has 0 unspecified atom stereocenters. The van der Waals surface area contributed by atoms with Crippen molar-refractivity contribution in [3.05, 3.63) is 59.5 Å². The number of pyridine rings is 1. The van der Waals surface area contributed by atoms with Crippen molar-refractivity contribution in [1.29, 1.82) is 0 Å². The molecule has 0 aliphatic carbocycles. The molecule has 0 saturated heterocycles. The number of benzene rings is 1. The highest BCUT2D eigenvalue weighted by Gasteiger charge is 2.17. The molecule has 33 heavy (non-hydrogen) atoms. The number of aryl methyl sites for hydroxylation is 2. The number of nitrogens with two attached hydrogens (primary N) is 1. The lowest BCUT2D eigenvalue weighted by Crippen LogP contribution is -2.01. The largest absolute Gasteiger partial charge is 0.497 e. The summed E-state index contributed by atoms with van der Waals surface area (Å²) >= 11 is 3.52. The molecule has 0 radical (unpaired) electrons. The fraction of sp³-hybridized carbons (Fsp3) is 0.125. The highest BCUT2D eigenvalue weighted by molar-refractivity contribution is 9.10. The average molecular weight is 502 g/mol. The maximum absolute atomic E-state index is 6.43. The molecule has 0 aliphatic rings. The molecule has 0 atom stereocenters. The normalized spacial score (nSPS) is 11.8. The molecule has 0 amide bonds. The van der Waals surface area contributed by atoms with Crippen molar-refractivity contribution in [3.8, 4) is 28.3 Å². The summed E-state index contributed by atoms with van der Waals surface area (Å²) in [6.45, 7) is 0. The predicted molar refractivity (Wildman–Crippen MR) is 133 cm³/mol. The van der Waals surface area contributed by atoms with Gasteiger partial charge in [-0.2, -0.15) is 9.61 Å². The Hall–Kier alpha value is -3.85. The van der Waals surface area contributed by atoms with E-state index in [2.05, 4.69) is 31.7 Å². The zero-order valence-corrected chi connectivity index (χ0v) is 19.8. The first-order valence-electron chi connectivity index (χ1n) is 10.3. The Morgan fingerprint density at radius 1 is 0.939 bits per heavy atom. The van der Waals surface area contributed by atoms with E-state index in [4.69, 9.17) is 20.6 Å². The van der Waals surface area contributed by atoms with Gasteiger partial charge in [-0.25, -0.2) is 9.97 Å². The molecule has 5 heterocycles. The molecule has 0 spiro atoms. The first-order valence-corrected chi connectivity index (χ1v) is 11.1. The van der Waals surface area contributed by atoms with Crippen LogP contribution in [0.4, 0.5) is 5.82 Å². The first-order chi connectivity index (χ1) is 15.9. The smallest absolute Gasteiger partial charge is 0.158 e. The highest BCUT2D eigenvalue weighted by Crippen LogP contribution is 2.34. The van der Waals surface area contributed by atoms with Crippen LogP contribution in [-0.2, 0) is 14.1 Å². The minimum absolute atomic E-state index is 0.513. The molecule has 6 aromatic rings. The number of hydrogen-bond donors (Lipinski definition) is 1. The first kappa shape index (κ1) is 19.8. The SMILES string of the molecule is COc1ccc2c(c1)c(-c1cc3nc(-c4cn(C)c5ncc(Br)cc45)cc(N)n3n1)cn2C. The Morgan fingerprint density at radius 2 is 1.73 bits per heavy atom. The predicted octanol–water partition coefficient (Wildman–Crippen LogP) is 4.80. The summed E-state index contributed by atoms with van der Waals surface area (Å²) in [6.07, 6.45) is 5.88. The summed E-state index contributed by atoms with van der Waals surface area (Å²) in [7, 11) is 5.66. The van der Waals surface area contributed by atoms with Crippen LogP contribution in [0.5, 0.6) is 5.75 Å². The standard InChI is InChI=1S/C24H20BrN7O/c1-30-11-17(15-7-14(33-3)4-5-21(15)30)20-9-23-28-19(8-22(26)32(23)29-20)18-12-31(2)24-16(18)6-13(25)10-27-24/h4-12H,26H2,1-3H3. The number of ether oxygens (including phenoxy) is 1. The van der Waals surface area contributed by atoms with Crippen molar-refractivity contribution in [1.82, 2.24) is 28.7 Å². The van der Waals surface area contributed by atoms with Crippen LogP contribution in [0.25, 0.3) is 50.1 Å². The Morgan fingerprint density at radius 3 is 2.55 bits per heavy atom. The molecule has 0 saturated carbocycles. The Labute approximate surface area is 197 Å². The van der Waals surface area contributed by atoms with E-state index in [9.17, 15) is 0 Å². The number of halogens is 1. The molecule has 5 aromatic heterocycles. The van der Waals surface area contributed by atoms with Gasteiger partial charge in [0.15, 0.2) is 5.65 Å². The lowest BCUT2D eigenvalue weighted by Gasteiger charge is -2.03. The van der Waals surface area contributed by atoms with Gasteiger partial charge in [-0.1, -0.05) is 0 Å². The lowest BCUT2D eigenvalue weighted by molar-refractivity contribution is 0.415. The topological polar surface area (TPSA) is 88.2 Å². The maximum atomic E-state index is 6.43. The van der Waals surface area contributed by atoms with Crippen molar-refractivity contribution in [2.75, 3.05) is 12.8 Å². The van der Waals surface area contributed by atoms with Crippen LogP contribution in [0.2, 0.25) is 0 Å². The van der Waals surface area contributed by atoms with Gasteiger partial charge in [0.1, 0.15) is 17.2 Å². The molecule has 2 N–H and O–H groups in total. The average Bonchev–Trinajstić information content (AvgIpc) is 3.47. The maximum Gasteiger partial charge on any atom is 0.158 e. The van der Waals surface area contributed by atoms with Gasteiger partial charge in [0.05, 0.1) is 18.5 Å². The molecule has 0 aliphatic heterocycles. The fourth-order valence-electron chi connectivity index (χ4n) is 4.41. The van der Waals surface area contributed by atoms with Crippen LogP contribution in [0.3, 0.4) is 0 Å². The highest BCUT2D eigenvalue weighted by atomic mass is 79.9. The second-order valence-corrected chi connectivity index (χ2v) is 9.00. The van der Waals surface area contributed by atoms with Crippen molar-refractivity contribution in [2.45, 2.75) is 0 Å². The number of fused-ring (bicyclic) bond motifs is 3. The zero-order chi connectivity index (χ0) is 22.9. The third-order valence-corrected chi connectivity index (χ3v) is 6.42. The van der Waals surface area contributed by atoms with E-state index in [1.54, 1.807) is 17.8 Å². The van der Waals surface area contributed by atoms with Gasteiger partial charge in [0.25, 0.3) is 0 Å². The van der Waals surface area contributed by atoms with Crippen molar-refractivity contribution in [3.63, 3.8) is 0 Å². The second-order valence-electron chi connectivity index (χ2n) is 8.08. The summed E-state index contributed by atoms with van der Waals surface area (Å²) in [5.74, 6) is 1.31. The molecule has 0 fully saturated rings. The molecule has 6 rings (SSSR count). The Balaban J connectivity index is 1.55. The minimum Gasteiger partial charge on any atom is -0.497 e. The number of rotatable bonds is 3. The van der Waals surface area contributed by atoms with Gasteiger partial charge < -0.3 is 19.6 Å². The quantitative estimate of drug-likeness (QED) is 0.376. The van der Waals surface area contributed by atoms with Gasteiger partial charge in [-0.15, -0.1) is 0 Å². The molecule has 1 aromatic carbocycles. The summed E-state index contributed by atoms with van der Waals surface area (Å²) in [5, 5.41) is 6.83. The van der Waals surface area contributed by atoms with E-state index < -0.39 is 0 Å². The van der Waals surface area contributed by atoms with E-state index in [-0.39, 0.29) is 0 Å². The number of aromatic nitrogens is 6. The number of nitrogen functional groups attached to an aromatic ring is 1. The lowest BCUT2D eigenvalue weighted by atomic mass is 10.1. The van der Waals surface area contributed by atoms with E-state index in [1.807, 2.05) is 61.3 Å². The van der Waals surface area contributed by atoms with Gasteiger partial charge in [-0.3, -0.25) is 0 Å². The Bertz CT molecular complexity index is 1710. The summed E-state index contributed by atoms with van der Waals surface area (Å²) in [6, 6.07) is 11.9. The summed E-state index contributed by atoms with van der Waals surface area (Å²) in [4.78, 5) is 9.43. The van der Waals surface area contributed by atoms with Crippen LogP contribution in [0, 0.1) is 0 Å². The van der Waals surface area contributed by atoms with Gasteiger partial charge in [-0.05, 0) is 40.2 Å². The van der Waals surface area contributed by atoms with Crippen molar-refractivity contribution >= 4 is 49.3 Å². The second kappa shape index (κ2) is 7.08. The van der Waals surface area contributed by atoms with Crippen LogP contribution in [0.1, 0.15) is 0 Å². The number of hydrogen-bond acceptors (Lipinski definition) is 5. The number of anilines is 1. The monoisotopic (exact) mass is 501 g/mol. The van der Waals surface area contributed by atoms with Crippen molar-refractivity contribution < 1.29 is 4.74 Å².